The van der Waals surface area contributed by atoms with Crippen LogP contribution in [0.1, 0.15) is 60.3 Å². The van der Waals surface area contributed by atoms with E-state index in [1.54, 1.807) is 43.0 Å². The second kappa shape index (κ2) is 13.8. The monoisotopic (exact) mass is 639 g/mol. The molecule has 14 heteroatoms. The number of hydrogen-bond acceptors (Lipinski definition) is 10. The van der Waals surface area contributed by atoms with Crippen LogP contribution in [0.3, 0.4) is 0 Å². The van der Waals surface area contributed by atoms with E-state index < -0.39 is 39.2 Å². The van der Waals surface area contributed by atoms with Crippen molar-refractivity contribution in [3.8, 4) is 11.5 Å². The van der Waals surface area contributed by atoms with E-state index in [0.29, 0.717) is 53.4 Å². The number of nitrogens with one attached hydrogen (secondary N) is 2. The maximum atomic E-state index is 14.6. The Hall–Kier alpha value is -4.85. The second-order valence-electron chi connectivity index (χ2n) is 10.7. The third-order valence-electron chi connectivity index (χ3n) is 7.59. The molecular weight excluding hydrogens is 602 g/mol. The van der Waals surface area contributed by atoms with Gasteiger partial charge in [-0.1, -0.05) is 6.07 Å². The number of nitrogens with two attached hydrogens (primary N) is 1. The number of ether oxygens (including phenoxy) is 3. The fraction of sp³-hybridized carbons (Fsp3) is 0.355. The van der Waals surface area contributed by atoms with Crippen LogP contribution in [-0.2, 0) is 19.4 Å². The summed E-state index contributed by atoms with van der Waals surface area (Å²) in [6.45, 7) is 3.51. The Bertz CT molecular complexity index is 1690. The molecule has 0 saturated carbocycles. The molecule has 4 N–H and O–H groups in total. The molecule has 0 spiro atoms. The minimum atomic E-state index is -3.78. The number of carbonyl (C=O) groups excluding carboxylic acids is 3. The molecule has 13 nitrogen and oxygen atoms in total. The lowest BCUT2D eigenvalue weighted by atomic mass is 10.0. The van der Waals surface area contributed by atoms with Crippen molar-refractivity contribution < 1.29 is 37.0 Å². The summed E-state index contributed by atoms with van der Waals surface area (Å²) in [7, 11) is 0.429. The van der Waals surface area contributed by atoms with Crippen LogP contribution >= 0.6 is 0 Å². The summed E-state index contributed by atoms with van der Waals surface area (Å²) in [5.41, 5.74) is 7.20. The first-order valence-corrected chi connectivity index (χ1v) is 15.7. The Kier molecular flexibility index (Phi) is 10.2. The van der Waals surface area contributed by atoms with Gasteiger partial charge in [-0.05, 0) is 74.2 Å². The smallest absolute Gasteiger partial charge is 0.411 e. The van der Waals surface area contributed by atoms with Crippen molar-refractivity contribution in [2.75, 3.05) is 38.5 Å². The van der Waals surface area contributed by atoms with Crippen molar-refractivity contribution in [1.29, 1.82) is 0 Å². The molecule has 1 fully saturated rings. The highest BCUT2D eigenvalue weighted by Gasteiger charge is 2.38. The standard InChI is InChI=1S/C31H37N5O8S/c1-18(2)45(40,41)27-11-9-21(35-31(39)44-5)15-23(27)24-7-6-12-36(24)30(38)28(19-8-10-25(42-3)26(14-19)43-4)34-22-13-20(29(32)37)16-33-17-22/h8-11,13-18,24,28,34H,6-7,12H2,1-5H3,(H2,32,37)(H,35,39)/t24-,28-/m1/s1. The van der Waals surface area contributed by atoms with E-state index in [1.807, 2.05) is 0 Å². The minimum absolute atomic E-state index is 0.0756. The molecule has 0 radical (unpaired) electrons. The molecule has 3 aromatic rings. The van der Waals surface area contributed by atoms with Gasteiger partial charge in [0.1, 0.15) is 6.04 Å². The zero-order chi connectivity index (χ0) is 32.9. The van der Waals surface area contributed by atoms with Crippen LogP contribution in [0.2, 0.25) is 0 Å². The summed E-state index contributed by atoms with van der Waals surface area (Å²) < 4.78 is 42.6. The fourth-order valence-electron chi connectivity index (χ4n) is 5.23. The number of amides is 3. The van der Waals surface area contributed by atoms with E-state index >= 15 is 0 Å². The normalized spacial score (nSPS) is 15.3. The van der Waals surface area contributed by atoms with Gasteiger partial charge in [0.05, 0.1) is 55.0 Å². The van der Waals surface area contributed by atoms with E-state index in [0.717, 1.165) is 0 Å². The average Bonchev–Trinajstić information content (AvgIpc) is 3.53. The van der Waals surface area contributed by atoms with Gasteiger partial charge >= 0.3 is 6.09 Å². The van der Waals surface area contributed by atoms with Gasteiger partial charge in [0.2, 0.25) is 11.8 Å². The van der Waals surface area contributed by atoms with Crippen molar-refractivity contribution in [3.05, 3.63) is 71.5 Å². The summed E-state index contributed by atoms with van der Waals surface area (Å²) in [5, 5.41) is 5.04. The molecule has 3 amide bonds. The number of aromatic nitrogens is 1. The van der Waals surface area contributed by atoms with Gasteiger partial charge in [-0.25, -0.2) is 13.2 Å². The highest BCUT2D eigenvalue weighted by atomic mass is 32.2. The zero-order valence-electron chi connectivity index (χ0n) is 25.7. The third-order valence-corrected chi connectivity index (χ3v) is 9.81. The molecule has 1 aliphatic heterocycles. The Balaban J connectivity index is 1.82. The van der Waals surface area contributed by atoms with Crippen molar-refractivity contribution in [1.82, 2.24) is 9.88 Å². The molecule has 1 aliphatic rings. The predicted molar refractivity (Wildman–Crippen MR) is 167 cm³/mol. The molecule has 2 aromatic carbocycles. The molecule has 1 aromatic heterocycles. The average molecular weight is 640 g/mol. The van der Waals surface area contributed by atoms with Gasteiger partial charge in [-0.2, -0.15) is 0 Å². The van der Waals surface area contributed by atoms with E-state index in [2.05, 4.69) is 15.6 Å². The number of carbonyl (C=O) groups is 3. The molecular formula is C31H37N5O8S. The topological polar surface area (TPSA) is 179 Å². The summed E-state index contributed by atoms with van der Waals surface area (Å²) in [4.78, 5) is 44.2. The van der Waals surface area contributed by atoms with Crippen molar-refractivity contribution in [2.24, 2.45) is 5.73 Å². The van der Waals surface area contributed by atoms with Gasteiger partial charge < -0.3 is 30.2 Å². The van der Waals surface area contributed by atoms with Crippen molar-refractivity contribution in [3.63, 3.8) is 0 Å². The molecule has 0 aliphatic carbocycles. The van der Waals surface area contributed by atoms with E-state index in [-0.39, 0.29) is 16.4 Å². The maximum Gasteiger partial charge on any atom is 0.411 e. The number of sulfone groups is 1. The van der Waals surface area contributed by atoms with Crippen LogP contribution in [0, 0.1) is 0 Å². The van der Waals surface area contributed by atoms with E-state index in [1.165, 1.54) is 51.9 Å². The summed E-state index contributed by atoms with van der Waals surface area (Å²) in [6.07, 6.45) is 3.15. The van der Waals surface area contributed by atoms with Gasteiger partial charge in [-0.3, -0.25) is 19.9 Å². The lowest BCUT2D eigenvalue weighted by Crippen LogP contribution is -2.38. The molecule has 2 atom stereocenters. The molecule has 240 valence electrons. The maximum absolute atomic E-state index is 14.6. The highest BCUT2D eigenvalue weighted by Crippen LogP contribution is 2.40. The van der Waals surface area contributed by atoms with Crippen LogP contribution in [-0.4, -0.2) is 69.3 Å². The summed E-state index contributed by atoms with van der Waals surface area (Å²) >= 11 is 0. The number of methoxy groups -OCH3 is 3. The Labute approximate surface area is 262 Å². The van der Waals surface area contributed by atoms with Crippen LogP contribution in [0.25, 0.3) is 0 Å². The van der Waals surface area contributed by atoms with Gasteiger partial charge in [0.25, 0.3) is 0 Å². The van der Waals surface area contributed by atoms with Crippen LogP contribution in [0.4, 0.5) is 16.2 Å². The molecule has 0 unspecified atom stereocenters. The number of primary amides is 1. The first-order valence-electron chi connectivity index (χ1n) is 14.2. The summed E-state index contributed by atoms with van der Waals surface area (Å²) in [5.74, 6) is -0.196. The number of rotatable bonds is 11. The zero-order valence-corrected chi connectivity index (χ0v) is 26.5. The van der Waals surface area contributed by atoms with E-state index in [4.69, 9.17) is 19.9 Å². The van der Waals surface area contributed by atoms with Gasteiger partial charge in [0.15, 0.2) is 21.3 Å². The first-order chi connectivity index (χ1) is 21.4. The highest BCUT2D eigenvalue weighted by molar-refractivity contribution is 7.92. The Morgan fingerprint density at radius 3 is 2.36 bits per heavy atom. The quantitative estimate of drug-likeness (QED) is 0.277. The number of anilines is 2. The largest absolute Gasteiger partial charge is 0.493 e. The van der Waals surface area contributed by atoms with Crippen molar-refractivity contribution in [2.45, 2.75) is 48.9 Å². The number of nitrogens with zero attached hydrogens (tertiary/aromatic N) is 2. The number of likely N-dealkylation sites (tertiary alicyclic amines) is 1. The Morgan fingerprint density at radius 2 is 1.71 bits per heavy atom. The number of hydrogen-bond donors (Lipinski definition) is 3. The Morgan fingerprint density at radius 1 is 0.978 bits per heavy atom. The lowest BCUT2D eigenvalue weighted by molar-refractivity contribution is -0.133. The van der Waals surface area contributed by atoms with Crippen LogP contribution in [0.15, 0.2) is 59.8 Å². The molecule has 2 heterocycles. The number of benzene rings is 2. The van der Waals surface area contributed by atoms with Crippen LogP contribution in [0.5, 0.6) is 11.5 Å². The molecule has 1 saturated heterocycles. The minimum Gasteiger partial charge on any atom is -0.493 e. The SMILES string of the molecule is COC(=O)Nc1ccc(S(=O)(=O)C(C)C)c([C@H]2CCCN2C(=O)[C@H](Nc2cncc(C(N)=O)c2)c2ccc(OC)c(OC)c2)c1. The second-order valence-corrected chi connectivity index (χ2v) is 13.1. The third kappa shape index (κ3) is 7.11. The first kappa shape index (κ1) is 33.1. The van der Waals surface area contributed by atoms with E-state index in [9.17, 15) is 22.8 Å². The summed E-state index contributed by atoms with van der Waals surface area (Å²) in [6, 6.07) is 9.39. The predicted octanol–water partition coefficient (Wildman–Crippen LogP) is 4.08. The van der Waals surface area contributed by atoms with Gasteiger partial charge in [-0.15, -0.1) is 0 Å². The fourth-order valence-corrected chi connectivity index (χ4v) is 6.52. The van der Waals surface area contributed by atoms with Gasteiger partial charge in [0, 0.05) is 18.4 Å². The molecule has 4 rings (SSSR count). The van der Waals surface area contributed by atoms with Crippen LogP contribution < -0.4 is 25.8 Å². The number of pyridine rings is 1. The van der Waals surface area contributed by atoms with Crippen molar-refractivity contribution >= 4 is 39.1 Å². The molecule has 45 heavy (non-hydrogen) atoms. The lowest BCUT2D eigenvalue weighted by Gasteiger charge is -2.32. The molecule has 0 bridgehead atoms.